The molecular weight excluding hydrogens is 214 g/mol. The molecule has 78 valence electrons. The molecule has 0 aliphatic rings. The highest BCUT2D eigenvalue weighted by atomic mass is 32.1. The van der Waals surface area contributed by atoms with Crippen molar-refractivity contribution in [1.29, 1.82) is 0 Å². The molecule has 2 aromatic heterocycles. The molecule has 2 aromatic rings. The molecule has 6 heteroatoms. The van der Waals surface area contributed by atoms with Crippen LogP contribution in [0.15, 0.2) is 22.1 Å². The van der Waals surface area contributed by atoms with Crippen LogP contribution in [0.4, 0.5) is 5.13 Å². The molecule has 0 fully saturated rings. The Morgan fingerprint density at radius 1 is 1.60 bits per heavy atom. The first kappa shape index (κ1) is 9.85. The summed E-state index contributed by atoms with van der Waals surface area (Å²) in [6.07, 6.45) is 0.770. The average molecular weight is 223 g/mol. The van der Waals surface area contributed by atoms with E-state index in [1.807, 2.05) is 6.92 Å². The Morgan fingerprint density at radius 3 is 3.07 bits per heavy atom. The molecule has 15 heavy (non-hydrogen) atoms. The van der Waals surface area contributed by atoms with Crippen LogP contribution in [0.2, 0.25) is 0 Å². The minimum Gasteiger partial charge on any atom is -0.456 e. The summed E-state index contributed by atoms with van der Waals surface area (Å²) in [7, 11) is 0. The van der Waals surface area contributed by atoms with E-state index in [0.29, 0.717) is 10.9 Å². The molecule has 0 unspecified atom stereocenters. The molecule has 0 radical (unpaired) electrons. The van der Waals surface area contributed by atoms with Crippen molar-refractivity contribution in [2.24, 2.45) is 0 Å². The van der Waals surface area contributed by atoms with Crippen LogP contribution in [0, 0.1) is 0 Å². The van der Waals surface area contributed by atoms with E-state index >= 15 is 0 Å². The largest absolute Gasteiger partial charge is 0.456 e. The number of nitrogens with zero attached hydrogens (tertiary/aromatic N) is 2. The lowest BCUT2D eigenvalue weighted by atomic mass is 10.3. The number of hydrogen-bond donors (Lipinski definition) is 1. The van der Waals surface area contributed by atoms with E-state index in [4.69, 9.17) is 4.42 Å². The molecule has 1 N–H and O–H groups in total. The number of carbonyl (C=O) groups is 1. The van der Waals surface area contributed by atoms with Crippen LogP contribution in [0.25, 0.3) is 0 Å². The highest BCUT2D eigenvalue weighted by Gasteiger charge is 2.11. The quantitative estimate of drug-likeness (QED) is 0.863. The highest BCUT2D eigenvalue weighted by molar-refractivity contribution is 7.13. The van der Waals surface area contributed by atoms with Gasteiger partial charge in [0.15, 0.2) is 5.76 Å². The van der Waals surface area contributed by atoms with Gasteiger partial charge < -0.3 is 4.42 Å². The lowest BCUT2D eigenvalue weighted by Gasteiger charge is -1.96. The first-order chi connectivity index (χ1) is 7.29. The number of aromatic nitrogens is 2. The Kier molecular flexibility index (Phi) is 2.77. The summed E-state index contributed by atoms with van der Waals surface area (Å²) in [6, 6.07) is 3.43. The molecule has 0 aliphatic heterocycles. The van der Waals surface area contributed by atoms with Crippen molar-refractivity contribution in [2.45, 2.75) is 13.3 Å². The number of anilines is 1. The third kappa shape index (κ3) is 2.21. The van der Waals surface area contributed by atoms with Crippen LogP contribution in [0.1, 0.15) is 23.2 Å². The molecule has 0 saturated heterocycles. The summed E-state index contributed by atoms with van der Waals surface area (Å²) in [5, 5.41) is 10.4. The van der Waals surface area contributed by atoms with Gasteiger partial charge in [-0.3, -0.25) is 10.1 Å². The van der Waals surface area contributed by atoms with E-state index in [1.54, 1.807) is 17.6 Å². The minimum atomic E-state index is -0.300. The maximum Gasteiger partial charge on any atom is 0.293 e. The van der Waals surface area contributed by atoms with Crippen molar-refractivity contribution in [3.63, 3.8) is 0 Å². The van der Waals surface area contributed by atoms with Gasteiger partial charge in [-0.25, -0.2) is 0 Å². The van der Waals surface area contributed by atoms with Gasteiger partial charge in [0.1, 0.15) is 11.3 Å². The van der Waals surface area contributed by atoms with Crippen molar-refractivity contribution in [3.8, 4) is 0 Å². The standard InChI is InChI=1S/C9H9N3O2S/c1-2-6-3-4-7(14-6)8(13)11-9-12-10-5-15-9/h3-5H,2H2,1H3,(H,11,12,13). The third-order valence-electron chi connectivity index (χ3n) is 1.81. The lowest BCUT2D eigenvalue weighted by molar-refractivity contribution is 0.0995. The number of aryl methyl sites for hydroxylation is 1. The molecule has 0 bridgehead atoms. The number of furan rings is 1. The van der Waals surface area contributed by atoms with E-state index in [9.17, 15) is 4.79 Å². The molecule has 2 rings (SSSR count). The fraction of sp³-hybridized carbons (Fsp3) is 0.222. The average Bonchev–Trinajstić information content (AvgIpc) is 2.86. The summed E-state index contributed by atoms with van der Waals surface area (Å²) in [4.78, 5) is 11.6. The Hall–Kier alpha value is -1.69. The van der Waals surface area contributed by atoms with Crippen molar-refractivity contribution in [1.82, 2.24) is 10.2 Å². The van der Waals surface area contributed by atoms with Crippen LogP contribution in [0.3, 0.4) is 0 Å². The molecule has 5 nitrogen and oxygen atoms in total. The minimum absolute atomic E-state index is 0.294. The Labute approximate surface area is 90.1 Å². The Morgan fingerprint density at radius 2 is 2.47 bits per heavy atom. The normalized spacial score (nSPS) is 10.2. The first-order valence-electron chi connectivity index (χ1n) is 4.46. The van der Waals surface area contributed by atoms with E-state index < -0.39 is 0 Å². The van der Waals surface area contributed by atoms with Crippen molar-refractivity contribution in [2.75, 3.05) is 5.32 Å². The van der Waals surface area contributed by atoms with Gasteiger partial charge in [-0.1, -0.05) is 18.3 Å². The van der Waals surface area contributed by atoms with Gasteiger partial charge in [0.25, 0.3) is 5.91 Å². The van der Waals surface area contributed by atoms with Gasteiger partial charge in [0.2, 0.25) is 5.13 Å². The van der Waals surface area contributed by atoms with Gasteiger partial charge in [-0.05, 0) is 12.1 Å². The molecule has 0 spiro atoms. The predicted molar refractivity (Wildman–Crippen MR) is 55.9 cm³/mol. The van der Waals surface area contributed by atoms with E-state index in [1.165, 1.54) is 11.3 Å². The van der Waals surface area contributed by atoms with Crippen molar-refractivity contribution >= 4 is 22.4 Å². The van der Waals surface area contributed by atoms with Crippen LogP contribution in [0.5, 0.6) is 0 Å². The van der Waals surface area contributed by atoms with Gasteiger partial charge in [-0.15, -0.1) is 10.2 Å². The van der Waals surface area contributed by atoms with Gasteiger partial charge in [0, 0.05) is 6.42 Å². The maximum absolute atomic E-state index is 11.6. The number of hydrogen-bond acceptors (Lipinski definition) is 5. The number of carbonyl (C=O) groups excluding carboxylic acids is 1. The van der Waals surface area contributed by atoms with Crippen molar-refractivity contribution < 1.29 is 9.21 Å². The second-order valence-corrected chi connectivity index (χ2v) is 3.65. The molecule has 0 saturated carbocycles. The molecule has 0 aliphatic carbocycles. The zero-order chi connectivity index (χ0) is 10.7. The van der Waals surface area contributed by atoms with E-state index in [2.05, 4.69) is 15.5 Å². The summed E-state index contributed by atoms with van der Waals surface area (Å²) < 4.78 is 5.29. The molecule has 1 amide bonds. The van der Waals surface area contributed by atoms with Crippen LogP contribution in [-0.4, -0.2) is 16.1 Å². The third-order valence-corrected chi connectivity index (χ3v) is 2.42. The van der Waals surface area contributed by atoms with E-state index in [-0.39, 0.29) is 5.91 Å². The molecule has 2 heterocycles. The Balaban J connectivity index is 2.08. The molecule has 0 aromatic carbocycles. The number of amides is 1. The predicted octanol–water partition coefficient (Wildman–Crippen LogP) is 1.95. The van der Waals surface area contributed by atoms with Gasteiger partial charge >= 0.3 is 0 Å². The monoisotopic (exact) mass is 223 g/mol. The number of rotatable bonds is 3. The highest BCUT2D eigenvalue weighted by Crippen LogP contribution is 2.13. The zero-order valence-electron chi connectivity index (χ0n) is 8.06. The lowest BCUT2D eigenvalue weighted by Crippen LogP contribution is -2.10. The zero-order valence-corrected chi connectivity index (χ0v) is 8.87. The van der Waals surface area contributed by atoms with E-state index in [0.717, 1.165) is 12.2 Å². The van der Waals surface area contributed by atoms with Gasteiger partial charge in [0.05, 0.1) is 0 Å². The fourth-order valence-corrected chi connectivity index (χ4v) is 1.52. The second-order valence-electron chi connectivity index (χ2n) is 2.82. The first-order valence-corrected chi connectivity index (χ1v) is 5.34. The van der Waals surface area contributed by atoms with Crippen LogP contribution < -0.4 is 5.32 Å². The smallest absolute Gasteiger partial charge is 0.293 e. The summed E-state index contributed by atoms with van der Waals surface area (Å²) in [6.45, 7) is 1.96. The molecular formula is C9H9N3O2S. The SMILES string of the molecule is CCc1ccc(C(=O)Nc2nncs2)o1. The second kappa shape index (κ2) is 4.22. The van der Waals surface area contributed by atoms with Crippen LogP contribution >= 0.6 is 11.3 Å². The van der Waals surface area contributed by atoms with Crippen LogP contribution in [-0.2, 0) is 6.42 Å². The maximum atomic E-state index is 11.6. The topological polar surface area (TPSA) is 68.0 Å². The van der Waals surface area contributed by atoms with Crippen molar-refractivity contribution in [3.05, 3.63) is 29.2 Å². The van der Waals surface area contributed by atoms with Gasteiger partial charge in [-0.2, -0.15) is 0 Å². The molecule has 0 atom stereocenters. The Bertz CT molecular complexity index is 450. The number of nitrogens with one attached hydrogen (secondary N) is 1. The summed E-state index contributed by atoms with van der Waals surface area (Å²) in [5.74, 6) is 0.783. The fourth-order valence-electron chi connectivity index (χ4n) is 1.08. The summed E-state index contributed by atoms with van der Waals surface area (Å²) in [5.41, 5.74) is 1.55. The summed E-state index contributed by atoms with van der Waals surface area (Å²) >= 11 is 1.26.